The van der Waals surface area contributed by atoms with E-state index in [1.54, 1.807) is 6.07 Å². The number of carbonyl (C=O) groups is 1. The Morgan fingerprint density at radius 1 is 1.29 bits per heavy atom. The third-order valence-corrected chi connectivity index (χ3v) is 4.26. The van der Waals surface area contributed by atoms with Gasteiger partial charge in [-0.25, -0.2) is 9.78 Å². The van der Waals surface area contributed by atoms with Crippen molar-refractivity contribution >= 4 is 28.5 Å². The van der Waals surface area contributed by atoms with E-state index >= 15 is 0 Å². The Morgan fingerprint density at radius 2 is 2.08 bits per heavy atom. The molecule has 0 saturated carbocycles. The highest BCUT2D eigenvalue weighted by Crippen LogP contribution is 2.25. The van der Waals surface area contributed by atoms with Gasteiger partial charge in [0.1, 0.15) is 11.8 Å². The Labute approximate surface area is 144 Å². The number of esters is 1. The van der Waals surface area contributed by atoms with Crippen LogP contribution in [-0.4, -0.2) is 11.0 Å². The molecule has 0 amide bonds. The molecule has 0 fully saturated rings. The zero-order valence-corrected chi connectivity index (χ0v) is 14.0. The van der Waals surface area contributed by atoms with Crippen LogP contribution in [-0.2, 0) is 11.3 Å². The number of fused-ring (bicyclic) bond motifs is 1. The first-order valence-corrected chi connectivity index (χ1v) is 7.76. The van der Waals surface area contributed by atoms with Gasteiger partial charge in [0.15, 0.2) is 6.20 Å². The van der Waals surface area contributed by atoms with Gasteiger partial charge in [0.05, 0.1) is 5.52 Å². The fourth-order valence-corrected chi connectivity index (χ4v) is 2.60. The Hall–Kier alpha value is -2.66. The van der Waals surface area contributed by atoms with Crippen molar-refractivity contribution in [3.05, 3.63) is 75.3 Å². The van der Waals surface area contributed by atoms with Gasteiger partial charge in [-0.1, -0.05) is 23.7 Å². The summed E-state index contributed by atoms with van der Waals surface area (Å²) in [4.78, 5) is 16.4. The van der Waals surface area contributed by atoms with Crippen LogP contribution in [0.3, 0.4) is 0 Å². The van der Waals surface area contributed by atoms with Crippen LogP contribution < -0.4 is 4.73 Å². The Kier molecular flexibility index (Phi) is 4.36. The number of hydrogen-bond donors (Lipinski definition) is 0. The minimum Gasteiger partial charge on any atom is -0.618 e. The molecule has 0 aliphatic rings. The predicted molar refractivity (Wildman–Crippen MR) is 90.7 cm³/mol. The monoisotopic (exact) mass is 342 g/mol. The van der Waals surface area contributed by atoms with E-state index in [0.29, 0.717) is 10.3 Å². The molecule has 0 bridgehead atoms. The van der Waals surface area contributed by atoms with Crippen molar-refractivity contribution in [2.75, 3.05) is 0 Å². The number of carbonyl (C=O) groups excluding carboxylic acids is 1. The molecule has 2 aromatic heterocycles. The summed E-state index contributed by atoms with van der Waals surface area (Å²) < 4.78 is 5.66. The molecule has 0 radical (unpaired) electrons. The number of nitrogens with zero attached hydrogens (tertiary/aromatic N) is 2. The fourth-order valence-electron chi connectivity index (χ4n) is 2.41. The van der Waals surface area contributed by atoms with Crippen LogP contribution in [0.15, 0.2) is 42.6 Å². The van der Waals surface area contributed by atoms with Crippen molar-refractivity contribution in [2.45, 2.75) is 20.5 Å². The van der Waals surface area contributed by atoms with E-state index in [9.17, 15) is 10.0 Å². The van der Waals surface area contributed by atoms with Gasteiger partial charge in [-0.2, -0.15) is 4.73 Å². The normalized spacial score (nSPS) is 10.8. The van der Waals surface area contributed by atoms with Gasteiger partial charge in [-0.05, 0) is 37.1 Å². The first-order chi connectivity index (χ1) is 11.5. The number of halogens is 1. The molecule has 1 aromatic carbocycles. The lowest BCUT2D eigenvalue weighted by atomic mass is 10.0. The van der Waals surface area contributed by atoms with Crippen LogP contribution in [0.25, 0.3) is 10.9 Å². The summed E-state index contributed by atoms with van der Waals surface area (Å²) in [7, 11) is 0. The van der Waals surface area contributed by atoms with Crippen LogP contribution in [0.4, 0.5) is 0 Å². The lowest BCUT2D eigenvalue weighted by molar-refractivity contribution is -0.608. The molecule has 5 nitrogen and oxygen atoms in total. The van der Waals surface area contributed by atoms with Gasteiger partial charge < -0.3 is 9.94 Å². The van der Waals surface area contributed by atoms with Crippen molar-refractivity contribution in [2.24, 2.45) is 0 Å². The van der Waals surface area contributed by atoms with Crippen LogP contribution >= 0.6 is 11.6 Å². The van der Waals surface area contributed by atoms with Crippen molar-refractivity contribution in [1.29, 1.82) is 0 Å². The summed E-state index contributed by atoms with van der Waals surface area (Å²) >= 11 is 6.22. The van der Waals surface area contributed by atoms with Crippen LogP contribution in [0.5, 0.6) is 0 Å². The second kappa shape index (κ2) is 6.45. The molecule has 0 unspecified atom stereocenters. The summed E-state index contributed by atoms with van der Waals surface area (Å²) in [6, 6.07) is 10.4. The van der Waals surface area contributed by atoms with Crippen molar-refractivity contribution < 1.29 is 14.3 Å². The Bertz CT molecular complexity index is 941. The molecule has 0 spiro atoms. The number of benzene rings is 1. The van der Waals surface area contributed by atoms with Gasteiger partial charge in [0.25, 0.3) is 0 Å². The molecule has 0 aliphatic carbocycles. The van der Waals surface area contributed by atoms with E-state index in [-0.39, 0.29) is 17.5 Å². The summed E-state index contributed by atoms with van der Waals surface area (Å²) in [5.74, 6) is -0.707. The van der Waals surface area contributed by atoms with Crippen molar-refractivity contribution in [1.82, 2.24) is 4.98 Å². The average molecular weight is 343 g/mol. The maximum Gasteiger partial charge on any atom is 0.405 e. The standard InChI is InChI=1S/C18H15ClN2O3/c1-11-6-7-13-9-14(17(19)20-16(13)12(11)2)10-24-18(22)15-5-3-4-8-21(15)23/h3-9H,10H2,1-2H3. The number of ether oxygens (including phenoxy) is 1. The SMILES string of the molecule is Cc1ccc2cc(COC(=O)c3cccc[n+]3[O-])c(Cl)nc2c1C. The van der Waals surface area contributed by atoms with Crippen LogP contribution in [0, 0.1) is 19.1 Å². The van der Waals surface area contributed by atoms with Crippen molar-refractivity contribution in [3.63, 3.8) is 0 Å². The highest BCUT2D eigenvalue weighted by molar-refractivity contribution is 6.30. The molecule has 0 saturated heterocycles. The molecule has 3 rings (SSSR count). The quantitative estimate of drug-likeness (QED) is 0.316. The second-order valence-corrected chi connectivity index (χ2v) is 5.86. The topological polar surface area (TPSA) is 66.1 Å². The number of aromatic nitrogens is 2. The molecule has 24 heavy (non-hydrogen) atoms. The Morgan fingerprint density at radius 3 is 2.83 bits per heavy atom. The minimum absolute atomic E-state index is 0.0531. The van der Waals surface area contributed by atoms with Gasteiger partial charge in [-0.15, -0.1) is 0 Å². The molecule has 0 aliphatic heterocycles. The smallest absolute Gasteiger partial charge is 0.405 e. The number of pyridine rings is 2. The number of rotatable bonds is 3. The van der Waals surface area contributed by atoms with Gasteiger partial charge in [0, 0.05) is 23.1 Å². The average Bonchev–Trinajstić information content (AvgIpc) is 2.57. The summed E-state index contributed by atoms with van der Waals surface area (Å²) in [6.07, 6.45) is 1.24. The van der Waals surface area contributed by atoms with E-state index in [1.807, 2.05) is 32.0 Å². The summed E-state index contributed by atoms with van der Waals surface area (Å²) in [6.45, 7) is 3.95. The highest BCUT2D eigenvalue weighted by atomic mass is 35.5. The zero-order chi connectivity index (χ0) is 17.3. The minimum atomic E-state index is -0.707. The second-order valence-electron chi connectivity index (χ2n) is 5.51. The molecule has 2 heterocycles. The van der Waals surface area contributed by atoms with E-state index in [2.05, 4.69) is 4.98 Å². The largest absolute Gasteiger partial charge is 0.618 e. The molecule has 0 N–H and O–H groups in total. The lowest BCUT2D eigenvalue weighted by Gasteiger charge is -2.10. The first-order valence-electron chi connectivity index (χ1n) is 7.38. The molecule has 122 valence electrons. The summed E-state index contributed by atoms with van der Waals surface area (Å²) in [5, 5.41) is 12.8. The lowest BCUT2D eigenvalue weighted by Crippen LogP contribution is -2.34. The van der Waals surface area contributed by atoms with E-state index in [4.69, 9.17) is 16.3 Å². The number of hydrogen-bond acceptors (Lipinski definition) is 4. The fraction of sp³-hybridized carbons (Fsp3) is 0.167. The van der Waals surface area contributed by atoms with Gasteiger partial charge >= 0.3 is 11.7 Å². The molecule has 3 aromatic rings. The maximum absolute atomic E-state index is 12.0. The van der Waals surface area contributed by atoms with E-state index < -0.39 is 5.97 Å². The van der Waals surface area contributed by atoms with E-state index in [0.717, 1.165) is 22.0 Å². The summed E-state index contributed by atoms with van der Waals surface area (Å²) in [5.41, 5.74) is 3.54. The van der Waals surface area contributed by atoms with Crippen LogP contribution in [0.1, 0.15) is 27.2 Å². The highest BCUT2D eigenvalue weighted by Gasteiger charge is 2.18. The zero-order valence-electron chi connectivity index (χ0n) is 13.2. The van der Waals surface area contributed by atoms with E-state index in [1.165, 1.54) is 18.3 Å². The van der Waals surface area contributed by atoms with Crippen LogP contribution in [0.2, 0.25) is 5.15 Å². The molecular formula is C18H15ClN2O3. The van der Waals surface area contributed by atoms with Gasteiger partial charge in [-0.3, -0.25) is 0 Å². The number of aryl methyl sites for hydroxylation is 2. The maximum atomic E-state index is 12.0. The van der Waals surface area contributed by atoms with Gasteiger partial charge in [0.2, 0.25) is 0 Å². The Balaban J connectivity index is 1.86. The predicted octanol–water partition coefficient (Wildman–Crippen LogP) is 3.50. The van der Waals surface area contributed by atoms with Crippen molar-refractivity contribution in [3.8, 4) is 0 Å². The first kappa shape index (κ1) is 16.2. The molecule has 0 atom stereocenters. The third kappa shape index (κ3) is 3.03. The third-order valence-electron chi connectivity index (χ3n) is 3.93. The molecular weight excluding hydrogens is 328 g/mol. The molecule has 6 heteroatoms.